The van der Waals surface area contributed by atoms with Crippen LogP contribution in [0.25, 0.3) is 10.9 Å². The summed E-state index contributed by atoms with van der Waals surface area (Å²) < 4.78 is 13.3. The van der Waals surface area contributed by atoms with Crippen LogP contribution in [0.4, 0.5) is 5.69 Å². The highest BCUT2D eigenvalue weighted by atomic mass is 35.5. The van der Waals surface area contributed by atoms with Crippen molar-refractivity contribution in [2.45, 2.75) is 26.8 Å². The van der Waals surface area contributed by atoms with Gasteiger partial charge in [-0.3, -0.25) is 9.48 Å². The summed E-state index contributed by atoms with van der Waals surface area (Å²) in [6.45, 7) is 8.48. The molecule has 0 saturated carbocycles. The lowest BCUT2D eigenvalue weighted by Gasteiger charge is -2.17. The van der Waals surface area contributed by atoms with Gasteiger partial charge < -0.3 is 19.7 Å². The van der Waals surface area contributed by atoms with E-state index in [4.69, 9.17) is 26.2 Å². The topological polar surface area (TPSA) is 68.6 Å². The number of carbonyl (C=O) groups excluding carboxylic acids is 1. The third-order valence-corrected chi connectivity index (χ3v) is 6.58. The van der Waals surface area contributed by atoms with Gasteiger partial charge in [-0.25, -0.2) is 0 Å². The summed E-state index contributed by atoms with van der Waals surface area (Å²) in [6, 6.07) is 20.5. The van der Waals surface area contributed by atoms with Crippen LogP contribution >= 0.6 is 11.6 Å². The van der Waals surface area contributed by atoms with Gasteiger partial charge in [0.05, 0.1) is 31.2 Å². The quantitative estimate of drug-likeness (QED) is 0.228. The number of halogens is 1. The zero-order chi connectivity index (χ0) is 26.2. The number of fused-ring (bicyclic) bond motifs is 1. The standard InChI is InChI=1S/C29H33ClN4O3/c1-4-33(5-2)17-6-18-37-29-26-19-24(31-28(35)22-9-14-25(36-3)15-10-22)13-16-27(26)34(32-29)20-21-7-11-23(30)12-8-21/h7-16,19H,4-6,17-18,20H2,1-3H3,(H,31,35). The number of nitrogens with zero attached hydrogens (tertiary/aromatic N) is 3. The molecule has 0 aliphatic rings. The lowest BCUT2D eigenvalue weighted by atomic mass is 10.1. The second kappa shape index (κ2) is 12.6. The summed E-state index contributed by atoms with van der Waals surface area (Å²) in [5, 5.41) is 9.32. The van der Waals surface area contributed by atoms with E-state index in [1.54, 1.807) is 31.4 Å². The minimum atomic E-state index is -0.197. The van der Waals surface area contributed by atoms with Crippen molar-refractivity contribution in [2.24, 2.45) is 0 Å². The van der Waals surface area contributed by atoms with E-state index in [9.17, 15) is 4.79 Å². The summed E-state index contributed by atoms with van der Waals surface area (Å²) >= 11 is 6.06. The Bertz CT molecular complexity index is 1320. The van der Waals surface area contributed by atoms with Crippen molar-refractivity contribution in [3.8, 4) is 11.6 Å². The van der Waals surface area contributed by atoms with E-state index in [0.717, 1.165) is 42.5 Å². The number of benzene rings is 3. The fourth-order valence-corrected chi connectivity index (χ4v) is 4.29. The molecule has 1 amide bonds. The molecule has 1 heterocycles. The number of amides is 1. The Morgan fingerprint density at radius 3 is 2.43 bits per heavy atom. The maximum atomic E-state index is 12.8. The van der Waals surface area contributed by atoms with Crippen molar-refractivity contribution >= 4 is 34.1 Å². The molecule has 0 aliphatic carbocycles. The minimum Gasteiger partial charge on any atom is -0.497 e. The molecule has 3 aromatic carbocycles. The average molecular weight is 521 g/mol. The summed E-state index contributed by atoms with van der Waals surface area (Å²) in [5.74, 6) is 1.06. The van der Waals surface area contributed by atoms with Crippen molar-refractivity contribution in [1.82, 2.24) is 14.7 Å². The predicted octanol–water partition coefficient (Wildman–Crippen LogP) is 6.11. The number of aromatic nitrogens is 2. The van der Waals surface area contributed by atoms with Gasteiger partial charge in [0.2, 0.25) is 5.88 Å². The monoisotopic (exact) mass is 520 g/mol. The molecule has 0 unspecified atom stereocenters. The molecule has 0 bridgehead atoms. The van der Waals surface area contributed by atoms with Crippen molar-refractivity contribution in [3.05, 3.63) is 82.9 Å². The van der Waals surface area contributed by atoms with Crippen LogP contribution in [0, 0.1) is 0 Å². The Morgan fingerprint density at radius 2 is 1.76 bits per heavy atom. The van der Waals surface area contributed by atoms with E-state index >= 15 is 0 Å². The van der Waals surface area contributed by atoms with E-state index in [1.165, 1.54) is 0 Å². The first-order chi connectivity index (χ1) is 18.0. The molecule has 4 aromatic rings. The highest BCUT2D eigenvalue weighted by molar-refractivity contribution is 6.30. The second-order valence-electron chi connectivity index (χ2n) is 8.73. The highest BCUT2D eigenvalue weighted by Crippen LogP contribution is 2.29. The normalized spacial score (nSPS) is 11.2. The number of hydrogen-bond acceptors (Lipinski definition) is 5. The molecule has 37 heavy (non-hydrogen) atoms. The van der Waals surface area contributed by atoms with Gasteiger partial charge >= 0.3 is 0 Å². The highest BCUT2D eigenvalue weighted by Gasteiger charge is 2.15. The van der Waals surface area contributed by atoms with Gasteiger partial charge in [-0.2, -0.15) is 0 Å². The fourth-order valence-electron chi connectivity index (χ4n) is 4.16. The Morgan fingerprint density at radius 1 is 1.03 bits per heavy atom. The van der Waals surface area contributed by atoms with E-state index < -0.39 is 0 Å². The largest absolute Gasteiger partial charge is 0.497 e. The van der Waals surface area contributed by atoms with Crippen molar-refractivity contribution in [1.29, 1.82) is 0 Å². The first-order valence-corrected chi connectivity index (χ1v) is 12.9. The van der Waals surface area contributed by atoms with E-state index in [2.05, 4.69) is 24.1 Å². The molecule has 0 saturated heterocycles. The molecule has 0 aliphatic heterocycles. The lowest BCUT2D eigenvalue weighted by molar-refractivity contribution is 0.102. The van der Waals surface area contributed by atoms with Gasteiger partial charge in [-0.15, -0.1) is 5.10 Å². The molecular formula is C29H33ClN4O3. The lowest BCUT2D eigenvalue weighted by Crippen LogP contribution is -2.25. The van der Waals surface area contributed by atoms with Gasteiger partial charge in [0.15, 0.2) is 0 Å². The first-order valence-electron chi connectivity index (χ1n) is 12.6. The molecular weight excluding hydrogens is 488 g/mol. The van der Waals surface area contributed by atoms with Crippen LogP contribution in [0.5, 0.6) is 11.6 Å². The number of carbonyl (C=O) groups is 1. The van der Waals surface area contributed by atoms with Crippen LogP contribution in [0.1, 0.15) is 36.2 Å². The molecule has 1 N–H and O–H groups in total. The number of nitrogens with one attached hydrogen (secondary N) is 1. The summed E-state index contributed by atoms with van der Waals surface area (Å²) in [6.07, 6.45) is 0.904. The van der Waals surface area contributed by atoms with Gasteiger partial charge in [-0.05, 0) is 79.7 Å². The molecule has 8 heteroatoms. The van der Waals surface area contributed by atoms with Crippen LogP contribution in [-0.2, 0) is 6.54 Å². The number of rotatable bonds is 12. The van der Waals surface area contributed by atoms with E-state index in [-0.39, 0.29) is 5.91 Å². The zero-order valence-corrected chi connectivity index (χ0v) is 22.3. The Labute approximate surface area is 222 Å². The van der Waals surface area contributed by atoms with Crippen LogP contribution in [0.15, 0.2) is 66.7 Å². The second-order valence-corrected chi connectivity index (χ2v) is 9.17. The third-order valence-electron chi connectivity index (χ3n) is 6.32. The van der Waals surface area contributed by atoms with Gasteiger partial charge in [0.25, 0.3) is 5.91 Å². The maximum absolute atomic E-state index is 12.8. The molecule has 0 spiro atoms. The SMILES string of the molecule is CCN(CC)CCCOc1nn(Cc2ccc(Cl)cc2)c2ccc(NC(=O)c3ccc(OC)cc3)cc12. The summed E-state index contributed by atoms with van der Waals surface area (Å²) in [4.78, 5) is 15.2. The smallest absolute Gasteiger partial charge is 0.255 e. The number of hydrogen-bond donors (Lipinski definition) is 1. The van der Waals surface area contributed by atoms with Gasteiger partial charge in [0.1, 0.15) is 5.75 Å². The van der Waals surface area contributed by atoms with Crippen LogP contribution in [0.3, 0.4) is 0 Å². The average Bonchev–Trinajstić information content (AvgIpc) is 3.26. The molecule has 4 rings (SSSR count). The zero-order valence-electron chi connectivity index (χ0n) is 21.5. The number of methoxy groups -OCH3 is 1. The third kappa shape index (κ3) is 6.81. The molecule has 7 nitrogen and oxygen atoms in total. The van der Waals surface area contributed by atoms with E-state index in [1.807, 2.05) is 47.1 Å². The molecule has 0 radical (unpaired) electrons. The van der Waals surface area contributed by atoms with Crippen LogP contribution in [-0.4, -0.2) is 53.9 Å². The predicted molar refractivity (Wildman–Crippen MR) is 149 cm³/mol. The Kier molecular flexibility index (Phi) is 9.04. The van der Waals surface area contributed by atoms with Crippen molar-refractivity contribution < 1.29 is 14.3 Å². The maximum Gasteiger partial charge on any atom is 0.255 e. The first kappa shape index (κ1) is 26.5. The Balaban J connectivity index is 1.56. The van der Waals surface area contributed by atoms with Crippen LogP contribution < -0.4 is 14.8 Å². The van der Waals surface area contributed by atoms with Crippen molar-refractivity contribution in [3.63, 3.8) is 0 Å². The van der Waals surface area contributed by atoms with Crippen molar-refractivity contribution in [2.75, 3.05) is 38.7 Å². The molecule has 0 atom stereocenters. The summed E-state index contributed by atoms with van der Waals surface area (Å²) in [5.41, 5.74) is 3.23. The molecule has 194 valence electrons. The number of ether oxygens (including phenoxy) is 2. The fraction of sp³-hybridized carbons (Fsp3) is 0.310. The van der Waals surface area contributed by atoms with Crippen LogP contribution in [0.2, 0.25) is 5.02 Å². The number of anilines is 1. The Hall–Kier alpha value is -3.55. The molecule has 1 aromatic heterocycles. The molecule has 0 fully saturated rings. The summed E-state index contributed by atoms with van der Waals surface area (Å²) in [7, 11) is 1.60. The van der Waals surface area contributed by atoms with E-state index in [0.29, 0.717) is 41.1 Å². The van der Waals surface area contributed by atoms with Gasteiger partial charge in [0, 0.05) is 22.8 Å². The van der Waals surface area contributed by atoms with Gasteiger partial charge in [-0.1, -0.05) is 37.6 Å². The minimum absolute atomic E-state index is 0.197.